The van der Waals surface area contributed by atoms with E-state index in [1.807, 2.05) is 20.8 Å². The van der Waals surface area contributed by atoms with E-state index in [9.17, 15) is 13.2 Å². The Morgan fingerprint density at radius 3 is 2.46 bits per heavy atom. The van der Waals surface area contributed by atoms with Crippen molar-refractivity contribution in [1.29, 1.82) is 0 Å². The number of carbonyl (C=O) groups is 1. The molecule has 1 aliphatic heterocycles. The first-order valence-corrected chi connectivity index (χ1v) is 11.2. The van der Waals surface area contributed by atoms with Crippen LogP contribution in [0.15, 0.2) is 29.2 Å². The van der Waals surface area contributed by atoms with Gasteiger partial charge in [0.05, 0.1) is 4.90 Å². The van der Waals surface area contributed by atoms with Gasteiger partial charge in [0, 0.05) is 31.5 Å². The van der Waals surface area contributed by atoms with Gasteiger partial charge in [0.15, 0.2) is 0 Å². The van der Waals surface area contributed by atoms with Crippen LogP contribution in [-0.4, -0.2) is 55.5 Å². The molecule has 1 amide bonds. The fourth-order valence-corrected chi connectivity index (χ4v) is 4.61. The topological polar surface area (TPSA) is 66.9 Å². The van der Waals surface area contributed by atoms with Crippen LogP contribution in [0.5, 0.6) is 0 Å². The highest BCUT2D eigenvalue weighted by atomic mass is 79.9. The molecule has 1 fully saturated rings. The van der Waals surface area contributed by atoms with Gasteiger partial charge in [-0.05, 0) is 51.3 Å². The summed E-state index contributed by atoms with van der Waals surface area (Å²) in [4.78, 5) is 14.2. The predicted molar refractivity (Wildman–Crippen MR) is 105 cm³/mol. The van der Waals surface area contributed by atoms with Crippen molar-refractivity contribution in [3.8, 4) is 0 Å². The third-order valence-corrected chi connectivity index (χ3v) is 6.89. The van der Waals surface area contributed by atoms with Crippen molar-refractivity contribution in [2.24, 2.45) is 0 Å². The van der Waals surface area contributed by atoms with Crippen LogP contribution in [0.4, 0.5) is 4.79 Å². The standard InChI is InChI=1S/C18H27BrN2O4S/c1-18(2,3)25-17(22)21-11-5-6-15(13-21)20(4)26(23,24)16-9-7-14(12-19)8-10-16/h7-10,15H,5-6,11-13H2,1-4H3/t15-/m1/s1. The van der Waals surface area contributed by atoms with E-state index in [1.165, 1.54) is 4.31 Å². The second-order valence-corrected chi connectivity index (χ2v) is 10.1. The minimum Gasteiger partial charge on any atom is -0.444 e. The Kier molecular flexibility index (Phi) is 6.74. The van der Waals surface area contributed by atoms with Crippen molar-refractivity contribution in [1.82, 2.24) is 9.21 Å². The molecule has 1 aromatic rings. The normalized spacial score (nSPS) is 18.8. The molecule has 0 aromatic heterocycles. The maximum atomic E-state index is 12.9. The molecule has 0 saturated carbocycles. The fraction of sp³-hybridized carbons (Fsp3) is 0.611. The lowest BCUT2D eigenvalue weighted by molar-refractivity contribution is 0.0163. The zero-order valence-electron chi connectivity index (χ0n) is 15.7. The summed E-state index contributed by atoms with van der Waals surface area (Å²) < 4.78 is 32.6. The molecule has 8 heteroatoms. The van der Waals surface area contributed by atoms with Gasteiger partial charge >= 0.3 is 6.09 Å². The van der Waals surface area contributed by atoms with Crippen LogP contribution < -0.4 is 0 Å². The van der Waals surface area contributed by atoms with Crippen molar-refractivity contribution in [2.75, 3.05) is 20.1 Å². The third-order valence-electron chi connectivity index (χ3n) is 4.32. The summed E-state index contributed by atoms with van der Waals surface area (Å²) in [6.07, 6.45) is 1.07. The molecule has 1 atom stereocenters. The molecular weight excluding hydrogens is 420 g/mol. The molecular formula is C18H27BrN2O4S. The van der Waals surface area contributed by atoms with E-state index in [0.29, 0.717) is 24.8 Å². The van der Waals surface area contributed by atoms with Gasteiger partial charge in [-0.25, -0.2) is 13.2 Å². The molecule has 0 aliphatic carbocycles. The summed E-state index contributed by atoms with van der Waals surface area (Å²) in [6, 6.07) is 6.57. The number of hydrogen-bond acceptors (Lipinski definition) is 4. The van der Waals surface area contributed by atoms with Crippen molar-refractivity contribution >= 4 is 32.0 Å². The number of benzene rings is 1. The van der Waals surface area contributed by atoms with E-state index in [0.717, 1.165) is 12.0 Å². The fourth-order valence-electron chi connectivity index (χ4n) is 2.86. The Morgan fingerprint density at radius 1 is 1.31 bits per heavy atom. The van der Waals surface area contributed by atoms with Crippen LogP contribution in [0.25, 0.3) is 0 Å². The zero-order chi connectivity index (χ0) is 19.5. The molecule has 2 rings (SSSR count). The first-order chi connectivity index (χ1) is 12.0. The van der Waals surface area contributed by atoms with Gasteiger partial charge in [0.25, 0.3) is 0 Å². The Bertz CT molecular complexity index is 729. The van der Waals surface area contributed by atoms with Crippen LogP contribution in [0.1, 0.15) is 39.2 Å². The number of ether oxygens (including phenoxy) is 1. The van der Waals surface area contributed by atoms with E-state index < -0.39 is 21.7 Å². The maximum Gasteiger partial charge on any atom is 0.410 e. The molecule has 0 unspecified atom stereocenters. The summed E-state index contributed by atoms with van der Waals surface area (Å²) in [6.45, 7) is 6.38. The molecule has 0 spiro atoms. The molecule has 1 heterocycles. The predicted octanol–water partition coefficient (Wildman–Crippen LogP) is 3.60. The first-order valence-electron chi connectivity index (χ1n) is 8.65. The van der Waals surface area contributed by atoms with Crippen molar-refractivity contribution in [2.45, 2.75) is 55.5 Å². The number of halogens is 1. The van der Waals surface area contributed by atoms with Crippen molar-refractivity contribution < 1.29 is 17.9 Å². The highest BCUT2D eigenvalue weighted by Gasteiger charge is 2.34. The lowest BCUT2D eigenvalue weighted by Gasteiger charge is -2.37. The minimum atomic E-state index is -3.61. The van der Waals surface area contributed by atoms with E-state index >= 15 is 0 Å². The highest BCUT2D eigenvalue weighted by Crippen LogP contribution is 2.24. The van der Waals surface area contributed by atoms with Crippen LogP contribution in [-0.2, 0) is 20.1 Å². The van der Waals surface area contributed by atoms with Gasteiger partial charge in [-0.1, -0.05) is 28.1 Å². The molecule has 0 bridgehead atoms. The number of likely N-dealkylation sites (N-methyl/N-ethyl adjacent to an activating group) is 1. The molecule has 1 aromatic carbocycles. The smallest absolute Gasteiger partial charge is 0.410 e. The summed E-state index contributed by atoms with van der Waals surface area (Å²) in [7, 11) is -2.03. The van der Waals surface area contributed by atoms with Crippen LogP contribution >= 0.6 is 15.9 Å². The molecule has 1 saturated heterocycles. The zero-order valence-corrected chi connectivity index (χ0v) is 18.1. The van der Waals surface area contributed by atoms with Gasteiger partial charge in [0.1, 0.15) is 5.60 Å². The third kappa shape index (κ3) is 5.20. The Labute approximate surface area is 164 Å². The molecule has 0 N–H and O–H groups in total. The SMILES string of the molecule is CN([C@@H]1CCCN(C(=O)OC(C)(C)C)C1)S(=O)(=O)c1ccc(CBr)cc1. The number of amides is 1. The Hall–Kier alpha value is -1.12. The number of hydrogen-bond donors (Lipinski definition) is 0. The number of rotatable bonds is 4. The van der Waals surface area contributed by atoms with Crippen LogP contribution in [0.3, 0.4) is 0 Å². The molecule has 0 radical (unpaired) electrons. The Balaban J connectivity index is 2.12. The number of alkyl halides is 1. The average Bonchev–Trinajstić information content (AvgIpc) is 2.59. The van der Waals surface area contributed by atoms with Gasteiger partial charge in [-0.15, -0.1) is 0 Å². The summed E-state index contributed by atoms with van der Waals surface area (Å²) >= 11 is 3.36. The number of nitrogens with zero attached hydrogens (tertiary/aromatic N) is 2. The van der Waals surface area contributed by atoms with Crippen molar-refractivity contribution in [3.05, 3.63) is 29.8 Å². The number of carbonyl (C=O) groups excluding carboxylic acids is 1. The second-order valence-electron chi connectivity index (χ2n) is 7.52. The lowest BCUT2D eigenvalue weighted by atomic mass is 10.1. The van der Waals surface area contributed by atoms with E-state index in [1.54, 1.807) is 36.2 Å². The molecule has 146 valence electrons. The quantitative estimate of drug-likeness (QED) is 0.662. The number of sulfonamides is 1. The monoisotopic (exact) mass is 446 g/mol. The minimum absolute atomic E-state index is 0.263. The summed E-state index contributed by atoms with van der Waals surface area (Å²) in [5.41, 5.74) is 0.444. The largest absolute Gasteiger partial charge is 0.444 e. The van der Waals surface area contributed by atoms with Gasteiger partial charge in [-0.3, -0.25) is 0 Å². The van der Waals surface area contributed by atoms with E-state index in [-0.39, 0.29) is 10.9 Å². The van der Waals surface area contributed by atoms with Crippen molar-refractivity contribution in [3.63, 3.8) is 0 Å². The van der Waals surface area contributed by atoms with Gasteiger partial charge < -0.3 is 9.64 Å². The number of piperidine rings is 1. The lowest BCUT2D eigenvalue weighted by Crippen LogP contribution is -2.51. The second kappa shape index (κ2) is 8.27. The first kappa shape index (κ1) is 21.2. The van der Waals surface area contributed by atoms with Gasteiger partial charge in [-0.2, -0.15) is 4.31 Å². The average molecular weight is 447 g/mol. The van der Waals surface area contributed by atoms with E-state index in [4.69, 9.17) is 4.74 Å². The maximum absolute atomic E-state index is 12.9. The molecule has 1 aliphatic rings. The number of likely N-dealkylation sites (tertiary alicyclic amines) is 1. The van der Waals surface area contributed by atoms with E-state index in [2.05, 4.69) is 15.9 Å². The Morgan fingerprint density at radius 2 is 1.92 bits per heavy atom. The molecule has 26 heavy (non-hydrogen) atoms. The highest BCUT2D eigenvalue weighted by molar-refractivity contribution is 9.08. The van der Waals surface area contributed by atoms with Gasteiger partial charge in [0.2, 0.25) is 10.0 Å². The van der Waals surface area contributed by atoms with Crippen LogP contribution in [0, 0.1) is 0 Å². The molecule has 6 nitrogen and oxygen atoms in total. The summed E-state index contributed by atoms with van der Waals surface area (Å²) in [5.74, 6) is 0. The summed E-state index contributed by atoms with van der Waals surface area (Å²) in [5, 5.41) is 0.677. The van der Waals surface area contributed by atoms with Crippen LogP contribution in [0.2, 0.25) is 0 Å².